The molecule has 0 atom stereocenters. The number of piperidine rings is 1. The van der Waals surface area contributed by atoms with Crippen molar-refractivity contribution < 1.29 is 27.5 Å². The molecular formula is C28H35ClF2N6O4. The average Bonchev–Trinajstić information content (AvgIpc) is 3.47. The summed E-state index contributed by atoms with van der Waals surface area (Å²) in [6.07, 6.45) is 2.03. The number of alkyl halides is 3. The lowest BCUT2D eigenvalue weighted by Gasteiger charge is -2.39. The van der Waals surface area contributed by atoms with E-state index >= 15 is 0 Å². The van der Waals surface area contributed by atoms with Crippen LogP contribution in [0.25, 0.3) is 11.5 Å². The molecule has 0 unspecified atom stereocenters. The largest absolute Gasteiger partial charge is 0.444 e. The van der Waals surface area contributed by atoms with Crippen LogP contribution in [0.1, 0.15) is 51.6 Å². The van der Waals surface area contributed by atoms with Crippen LogP contribution in [0.2, 0.25) is 0 Å². The normalized spacial score (nSPS) is 13.8. The highest BCUT2D eigenvalue weighted by molar-refractivity contribution is 6.15. The van der Waals surface area contributed by atoms with Gasteiger partial charge in [-0.25, -0.2) is 4.79 Å². The molecule has 1 saturated heterocycles. The summed E-state index contributed by atoms with van der Waals surface area (Å²) in [5, 5.41) is 6.96. The number of likely N-dealkylation sites (tertiary alicyclic amines) is 1. The number of halogens is 3. The van der Waals surface area contributed by atoms with E-state index < -0.39 is 17.9 Å². The van der Waals surface area contributed by atoms with Crippen LogP contribution in [0.3, 0.4) is 0 Å². The number of hydrogen-bond acceptors (Lipinski definition) is 8. The highest BCUT2D eigenvalue weighted by Crippen LogP contribution is 2.32. The lowest BCUT2D eigenvalue weighted by molar-refractivity contribution is -0.107. The topological polar surface area (TPSA) is 105 Å². The van der Waals surface area contributed by atoms with E-state index in [-0.39, 0.29) is 24.6 Å². The Balaban J connectivity index is 0.00000226. The lowest BCUT2D eigenvalue weighted by Crippen LogP contribution is -2.47. The van der Waals surface area contributed by atoms with Gasteiger partial charge >= 0.3 is 12.5 Å². The van der Waals surface area contributed by atoms with Crippen molar-refractivity contribution in [2.75, 3.05) is 36.3 Å². The van der Waals surface area contributed by atoms with Gasteiger partial charge in [-0.1, -0.05) is 12.1 Å². The number of anilines is 2. The number of rotatable bonds is 8. The van der Waals surface area contributed by atoms with Gasteiger partial charge < -0.3 is 23.9 Å². The van der Waals surface area contributed by atoms with Gasteiger partial charge in [0.25, 0.3) is 5.89 Å². The molecule has 1 aromatic carbocycles. The second kappa shape index (κ2) is 14.2. The lowest BCUT2D eigenvalue weighted by atomic mass is 10.0. The summed E-state index contributed by atoms with van der Waals surface area (Å²) in [5.74, 6) is -0.807. The Kier molecular flexibility index (Phi) is 11.0. The molecule has 3 aromatic rings. The average molecular weight is 593 g/mol. The molecule has 3 heterocycles. The third kappa shape index (κ3) is 8.35. The second-order valence-electron chi connectivity index (χ2n) is 10.3. The van der Waals surface area contributed by atoms with Gasteiger partial charge in [-0.2, -0.15) is 8.78 Å². The first-order valence-electron chi connectivity index (χ1n) is 13.0. The van der Waals surface area contributed by atoms with Crippen molar-refractivity contribution >= 4 is 35.5 Å². The third-order valence-corrected chi connectivity index (χ3v) is 6.39. The Morgan fingerprint density at radius 2 is 1.80 bits per heavy atom. The molecule has 0 spiro atoms. The Morgan fingerprint density at radius 1 is 1.15 bits per heavy atom. The molecule has 1 aliphatic rings. The molecule has 0 bridgehead atoms. The van der Waals surface area contributed by atoms with Gasteiger partial charge in [-0.15, -0.1) is 21.8 Å². The van der Waals surface area contributed by atoms with Gasteiger partial charge in [0.1, 0.15) is 5.60 Å². The first kappa shape index (κ1) is 31.7. The molecular weight excluding hydrogens is 558 g/mol. The van der Waals surface area contributed by atoms with E-state index in [0.717, 1.165) is 24.9 Å². The number of hydrogen-bond donors (Lipinski definition) is 0. The van der Waals surface area contributed by atoms with Crippen LogP contribution in [-0.2, 0) is 16.1 Å². The van der Waals surface area contributed by atoms with Crippen LogP contribution in [0.4, 0.5) is 25.0 Å². The molecule has 1 fully saturated rings. The van der Waals surface area contributed by atoms with Crippen molar-refractivity contribution in [1.29, 1.82) is 0 Å². The second-order valence-corrected chi connectivity index (χ2v) is 10.3. The summed E-state index contributed by atoms with van der Waals surface area (Å²) >= 11 is 4.64. The number of para-hydroxylation sites is 2. The predicted molar refractivity (Wildman–Crippen MR) is 152 cm³/mol. The molecule has 41 heavy (non-hydrogen) atoms. The number of aromatic nitrogens is 3. The van der Waals surface area contributed by atoms with E-state index in [2.05, 4.69) is 31.7 Å². The predicted octanol–water partition coefficient (Wildman–Crippen LogP) is 5.92. The third-order valence-electron chi connectivity index (χ3n) is 6.39. The maximum absolute atomic E-state index is 12.7. The van der Waals surface area contributed by atoms with Gasteiger partial charge in [0.2, 0.25) is 12.3 Å². The summed E-state index contributed by atoms with van der Waals surface area (Å²) < 4.78 is 36.0. The number of carbonyl (C=O) groups excluding carboxylic acids is 2. The first-order chi connectivity index (χ1) is 19.6. The molecule has 0 saturated carbocycles. The number of ether oxygens (including phenoxy) is 1. The molecule has 0 aliphatic carbocycles. The van der Waals surface area contributed by atoms with Gasteiger partial charge in [-0.3, -0.25) is 9.78 Å². The standard InChI is InChI=1S/C27H32F2N6O4.CH3Cl/c1-27(2,3)39-26(37)34-13-11-20(12-14-34)33(4)21-7-5-6-8-22(21)35(17-36)16-19-10-9-18(15-30-19)24-31-32-25(38-24)23(28)29;1-2/h5-10,15,17,20,23H,11-14,16H2,1-4H3;1H3. The minimum atomic E-state index is -2.85. The van der Waals surface area contributed by atoms with Gasteiger partial charge in [0, 0.05) is 38.8 Å². The fourth-order valence-electron chi connectivity index (χ4n) is 4.40. The van der Waals surface area contributed by atoms with Crippen molar-refractivity contribution in [3.05, 3.63) is 54.2 Å². The quantitative estimate of drug-likeness (QED) is 0.234. The van der Waals surface area contributed by atoms with Crippen molar-refractivity contribution in [2.45, 2.75) is 58.2 Å². The van der Waals surface area contributed by atoms with Crippen LogP contribution >= 0.6 is 11.6 Å². The Hall–Kier alpha value is -3.80. The van der Waals surface area contributed by atoms with Gasteiger partial charge in [0.15, 0.2) is 0 Å². The summed E-state index contributed by atoms with van der Waals surface area (Å²) in [6, 6.07) is 11.1. The Morgan fingerprint density at radius 3 is 2.34 bits per heavy atom. The molecule has 0 N–H and O–H groups in total. The summed E-state index contributed by atoms with van der Waals surface area (Å²) in [6.45, 7) is 6.91. The van der Waals surface area contributed by atoms with E-state index in [1.807, 2.05) is 52.1 Å². The summed E-state index contributed by atoms with van der Waals surface area (Å²) in [5.41, 5.74) is 2.04. The van der Waals surface area contributed by atoms with E-state index in [4.69, 9.17) is 9.15 Å². The number of pyridine rings is 1. The van der Waals surface area contributed by atoms with Crippen LogP contribution < -0.4 is 9.80 Å². The Bertz CT molecular complexity index is 1280. The highest BCUT2D eigenvalue weighted by Gasteiger charge is 2.29. The van der Waals surface area contributed by atoms with Crippen molar-refractivity contribution in [3.63, 3.8) is 0 Å². The minimum absolute atomic E-state index is 0.0544. The number of nitrogens with zero attached hydrogens (tertiary/aromatic N) is 6. The van der Waals surface area contributed by atoms with E-state index in [9.17, 15) is 18.4 Å². The van der Waals surface area contributed by atoms with E-state index in [1.54, 1.807) is 21.9 Å². The number of benzene rings is 1. The molecule has 1 aliphatic heterocycles. The first-order valence-corrected chi connectivity index (χ1v) is 13.8. The van der Waals surface area contributed by atoms with Crippen molar-refractivity contribution in [3.8, 4) is 11.5 Å². The molecule has 0 radical (unpaired) electrons. The van der Waals surface area contributed by atoms with Crippen molar-refractivity contribution in [1.82, 2.24) is 20.1 Å². The zero-order chi connectivity index (χ0) is 30.2. The van der Waals surface area contributed by atoms with Crippen LogP contribution in [0.15, 0.2) is 47.0 Å². The van der Waals surface area contributed by atoms with Crippen LogP contribution in [0.5, 0.6) is 0 Å². The van der Waals surface area contributed by atoms with Crippen LogP contribution in [0, 0.1) is 0 Å². The summed E-state index contributed by atoms with van der Waals surface area (Å²) in [7, 11) is 1.99. The molecule has 10 nitrogen and oxygen atoms in total. The van der Waals surface area contributed by atoms with E-state index in [0.29, 0.717) is 30.0 Å². The fraction of sp³-hybridized carbons (Fsp3) is 0.464. The molecule has 13 heteroatoms. The number of amides is 2. The van der Waals surface area contributed by atoms with Crippen molar-refractivity contribution in [2.24, 2.45) is 0 Å². The highest BCUT2D eigenvalue weighted by atomic mass is 35.5. The fourth-order valence-corrected chi connectivity index (χ4v) is 4.40. The number of carbonyl (C=O) groups is 2. The van der Waals surface area contributed by atoms with Crippen LogP contribution in [-0.4, -0.2) is 70.7 Å². The molecule has 4 rings (SSSR count). The zero-order valence-corrected chi connectivity index (χ0v) is 24.5. The molecule has 2 amide bonds. The summed E-state index contributed by atoms with van der Waals surface area (Å²) in [4.78, 5) is 34.4. The SMILES string of the molecule is CCl.CN(c1ccccc1N(C=O)Cc1ccc(-c2nnc(C(F)F)o2)cn1)C1CCN(C(=O)OC(C)(C)C)CC1. The maximum Gasteiger partial charge on any atom is 0.410 e. The van der Waals surface area contributed by atoms with E-state index in [1.165, 1.54) is 12.6 Å². The molecule has 2 aromatic heterocycles. The smallest absolute Gasteiger partial charge is 0.410 e. The maximum atomic E-state index is 12.7. The van der Waals surface area contributed by atoms with Gasteiger partial charge in [0.05, 0.1) is 29.2 Å². The Labute approximate surface area is 243 Å². The van der Waals surface area contributed by atoms with Gasteiger partial charge in [-0.05, 0) is 57.9 Å². The monoisotopic (exact) mass is 592 g/mol. The minimum Gasteiger partial charge on any atom is -0.444 e. The molecule has 222 valence electrons. The zero-order valence-electron chi connectivity index (χ0n) is 23.8.